The molecule has 3 rings (SSSR count). The molecule has 0 aromatic heterocycles. The number of unbranched alkanes of at least 4 members (excludes halogenated alkanes) is 2. The number of phenolic OH excluding ortho intramolecular Hbond substituents is 2. The molecule has 0 atom stereocenters. The van der Waals surface area contributed by atoms with Crippen LogP contribution < -0.4 is 5.32 Å². The van der Waals surface area contributed by atoms with Gasteiger partial charge >= 0.3 is 0 Å². The van der Waals surface area contributed by atoms with E-state index < -0.39 is 0 Å². The molecular formula is C26H29NO3. The Morgan fingerprint density at radius 2 is 1.73 bits per heavy atom. The van der Waals surface area contributed by atoms with Gasteiger partial charge in [0.2, 0.25) is 0 Å². The summed E-state index contributed by atoms with van der Waals surface area (Å²) in [6.07, 6.45) is 3.58. The Morgan fingerprint density at radius 1 is 0.967 bits per heavy atom. The molecule has 4 heteroatoms. The van der Waals surface area contributed by atoms with Crippen LogP contribution in [0.25, 0.3) is 11.1 Å². The lowest BCUT2D eigenvalue weighted by Gasteiger charge is -2.17. The molecule has 3 aromatic carbocycles. The number of aromatic hydroxyl groups is 2. The zero-order valence-electron chi connectivity index (χ0n) is 17.6. The molecule has 0 heterocycles. The fraction of sp³-hybridized carbons (Fsp3) is 0.269. The monoisotopic (exact) mass is 403 g/mol. The van der Waals surface area contributed by atoms with Gasteiger partial charge in [0.05, 0.1) is 11.1 Å². The lowest BCUT2D eigenvalue weighted by Crippen LogP contribution is -2.24. The van der Waals surface area contributed by atoms with Crippen LogP contribution in [-0.2, 0) is 13.0 Å². The van der Waals surface area contributed by atoms with Crippen LogP contribution in [0.2, 0.25) is 0 Å². The fourth-order valence-corrected chi connectivity index (χ4v) is 3.68. The number of amides is 1. The van der Waals surface area contributed by atoms with Crippen LogP contribution in [0.4, 0.5) is 0 Å². The number of carbonyl (C=O) groups is 1. The van der Waals surface area contributed by atoms with Gasteiger partial charge in [0.25, 0.3) is 5.91 Å². The first kappa shape index (κ1) is 21.4. The maximum absolute atomic E-state index is 13.1. The summed E-state index contributed by atoms with van der Waals surface area (Å²) < 4.78 is 0. The van der Waals surface area contributed by atoms with E-state index in [1.807, 2.05) is 61.5 Å². The van der Waals surface area contributed by atoms with Crippen molar-refractivity contribution in [2.45, 2.75) is 46.1 Å². The zero-order chi connectivity index (χ0) is 21.5. The van der Waals surface area contributed by atoms with Crippen molar-refractivity contribution in [2.75, 3.05) is 0 Å². The minimum atomic E-state index is -0.336. The molecule has 3 aromatic rings. The Balaban J connectivity index is 2.00. The second-order valence-electron chi connectivity index (χ2n) is 7.65. The Morgan fingerprint density at radius 3 is 2.43 bits per heavy atom. The quantitative estimate of drug-likeness (QED) is 0.420. The molecule has 0 aliphatic rings. The van der Waals surface area contributed by atoms with E-state index in [4.69, 9.17) is 0 Å². The predicted octanol–water partition coefficient (Wildman–Crippen LogP) is 5.74. The van der Waals surface area contributed by atoms with E-state index in [0.29, 0.717) is 29.7 Å². The molecule has 0 unspecified atom stereocenters. The van der Waals surface area contributed by atoms with Gasteiger partial charge in [-0.15, -0.1) is 0 Å². The maximum Gasteiger partial charge on any atom is 0.255 e. The van der Waals surface area contributed by atoms with Crippen LogP contribution in [0.3, 0.4) is 0 Å². The van der Waals surface area contributed by atoms with Gasteiger partial charge in [-0.3, -0.25) is 4.79 Å². The largest absolute Gasteiger partial charge is 0.507 e. The third-order valence-electron chi connectivity index (χ3n) is 5.24. The first-order valence-corrected chi connectivity index (χ1v) is 10.5. The molecule has 1 amide bonds. The van der Waals surface area contributed by atoms with Crippen LogP contribution in [0.15, 0.2) is 60.7 Å². The van der Waals surface area contributed by atoms with Gasteiger partial charge < -0.3 is 15.5 Å². The molecule has 30 heavy (non-hydrogen) atoms. The maximum atomic E-state index is 13.1. The summed E-state index contributed by atoms with van der Waals surface area (Å²) in [6.45, 7) is 4.43. The molecule has 4 nitrogen and oxygen atoms in total. The van der Waals surface area contributed by atoms with Gasteiger partial charge in [0.15, 0.2) is 0 Å². The number of carbonyl (C=O) groups excluding carboxylic acids is 1. The third-order valence-corrected chi connectivity index (χ3v) is 5.24. The summed E-state index contributed by atoms with van der Waals surface area (Å²) in [5, 5.41) is 24.7. The number of nitrogens with one attached hydrogen (secondary N) is 1. The first-order chi connectivity index (χ1) is 14.5. The highest BCUT2D eigenvalue weighted by Crippen LogP contribution is 2.42. The number of hydrogen-bond donors (Lipinski definition) is 3. The Labute approximate surface area is 178 Å². The van der Waals surface area contributed by atoms with Gasteiger partial charge in [-0.2, -0.15) is 0 Å². The van der Waals surface area contributed by atoms with Crippen molar-refractivity contribution in [1.82, 2.24) is 5.32 Å². The Hall–Kier alpha value is -3.27. The first-order valence-electron chi connectivity index (χ1n) is 10.5. The van der Waals surface area contributed by atoms with Gasteiger partial charge in [-0.05, 0) is 42.5 Å². The molecule has 156 valence electrons. The van der Waals surface area contributed by atoms with E-state index in [2.05, 4.69) is 12.2 Å². The van der Waals surface area contributed by atoms with Crippen molar-refractivity contribution in [3.63, 3.8) is 0 Å². The van der Waals surface area contributed by atoms with Crippen molar-refractivity contribution in [2.24, 2.45) is 0 Å². The van der Waals surface area contributed by atoms with Crippen molar-refractivity contribution in [3.8, 4) is 22.6 Å². The standard InChI is InChI=1S/C26H29NO3/c1-3-4-6-13-21-16-22(28)23(20-14-9-10-18(2)15-20)25(29)24(21)26(30)27-17-19-11-7-5-8-12-19/h5,7-12,14-16,28-29H,3-4,6,13,17H2,1-2H3,(H,27,30). The highest BCUT2D eigenvalue weighted by atomic mass is 16.3. The Bertz CT molecular complexity index is 1010. The summed E-state index contributed by atoms with van der Waals surface area (Å²) in [7, 11) is 0. The van der Waals surface area contributed by atoms with Crippen molar-refractivity contribution in [1.29, 1.82) is 0 Å². The Kier molecular flexibility index (Phi) is 7.12. The van der Waals surface area contributed by atoms with Gasteiger partial charge in [0, 0.05) is 6.54 Å². The minimum absolute atomic E-state index is 0.00999. The van der Waals surface area contributed by atoms with E-state index in [1.54, 1.807) is 6.07 Å². The lowest BCUT2D eigenvalue weighted by atomic mass is 9.92. The highest BCUT2D eigenvalue weighted by Gasteiger charge is 2.23. The molecule has 0 saturated heterocycles. The summed E-state index contributed by atoms with van der Waals surface area (Å²) in [5.74, 6) is -0.515. The number of rotatable bonds is 8. The second-order valence-corrected chi connectivity index (χ2v) is 7.65. The average molecular weight is 404 g/mol. The SMILES string of the molecule is CCCCCc1cc(O)c(-c2cccc(C)c2)c(O)c1C(=O)NCc1ccccc1. The highest BCUT2D eigenvalue weighted by molar-refractivity contribution is 6.01. The van der Waals surface area contributed by atoms with Crippen LogP contribution in [0.5, 0.6) is 11.5 Å². The molecule has 0 spiro atoms. The van der Waals surface area contributed by atoms with E-state index in [1.165, 1.54) is 0 Å². The smallest absolute Gasteiger partial charge is 0.255 e. The fourth-order valence-electron chi connectivity index (χ4n) is 3.68. The molecule has 3 N–H and O–H groups in total. The molecule has 0 fully saturated rings. The van der Waals surface area contributed by atoms with Gasteiger partial charge in [-0.1, -0.05) is 79.9 Å². The molecule has 0 bridgehead atoms. The molecular weight excluding hydrogens is 374 g/mol. The van der Waals surface area contributed by atoms with Crippen molar-refractivity contribution in [3.05, 3.63) is 82.9 Å². The van der Waals surface area contributed by atoms with E-state index in [0.717, 1.165) is 30.4 Å². The summed E-state index contributed by atoms with van der Waals surface area (Å²) in [6, 6.07) is 18.8. The second kappa shape index (κ2) is 9.97. The predicted molar refractivity (Wildman–Crippen MR) is 121 cm³/mol. The van der Waals surface area contributed by atoms with Crippen LogP contribution in [0.1, 0.15) is 53.2 Å². The molecule has 0 aliphatic heterocycles. The number of hydrogen-bond acceptors (Lipinski definition) is 3. The normalized spacial score (nSPS) is 10.7. The van der Waals surface area contributed by atoms with E-state index >= 15 is 0 Å². The summed E-state index contributed by atoms with van der Waals surface area (Å²) >= 11 is 0. The number of benzene rings is 3. The van der Waals surface area contributed by atoms with Crippen LogP contribution in [-0.4, -0.2) is 16.1 Å². The molecule has 0 saturated carbocycles. The third kappa shape index (κ3) is 5.01. The number of aryl methyl sites for hydroxylation is 2. The minimum Gasteiger partial charge on any atom is -0.507 e. The number of phenols is 2. The van der Waals surface area contributed by atoms with E-state index in [9.17, 15) is 15.0 Å². The summed E-state index contributed by atoms with van der Waals surface area (Å²) in [4.78, 5) is 13.1. The van der Waals surface area contributed by atoms with Crippen LogP contribution in [0, 0.1) is 6.92 Å². The molecule has 0 aliphatic carbocycles. The van der Waals surface area contributed by atoms with Crippen LogP contribution >= 0.6 is 0 Å². The average Bonchev–Trinajstić information content (AvgIpc) is 2.73. The van der Waals surface area contributed by atoms with E-state index in [-0.39, 0.29) is 23.0 Å². The van der Waals surface area contributed by atoms with Gasteiger partial charge in [-0.25, -0.2) is 0 Å². The van der Waals surface area contributed by atoms with Crippen molar-refractivity contribution >= 4 is 5.91 Å². The lowest BCUT2D eigenvalue weighted by molar-refractivity contribution is 0.0947. The summed E-state index contributed by atoms with van der Waals surface area (Å²) in [5.41, 5.74) is 3.88. The van der Waals surface area contributed by atoms with Crippen molar-refractivity contribution < 1.29 is 15.0 Å². The van der Waals surface area contributed by atoms with Gasteiger partial charge in [0.1, 0.15) is 11.5 Å². The molecule has 0 radical (unpaired) electrons. The zero-order valence-corrected chi connectivity index (χ0v) is 17.6. The topological polar surface area (TPSA) is 69.6 Å².